The molecular weight excluding hydrogens is 292 g/mol. The summed E-state index contributed by atoms with van der Waals surface area (Å²) in [5.74, 6) is 0.887. The van der Waals surface area contributed by atoms with Crippen molar-refractivity contribution in [1.82, 2.24) is 10.3 Å². The Bertz CT molecular complexity index is 445. The molecule has 1 N–H and O–H groups in total. The van der Waals surface area contributed by atoms with Crippen LogP contribution in [0.4, 0.5) is 0 Å². The van der Waals surface area contributed by atoms with Crippen LogP contribution in [0, 0.1) is 0 Å². The van der Waals surface area contributed by atoms with Gasteiger partial charge in [-0.15, -0.1) is 17.0 Å². The molecule has 0 aliphatic rings. The fourth-order valence-corrected chi connectivity index (χ4v) is 1.58. The van der Waals surface area contributed by atoms with E-state index in [1.807, 2.05) is 36.5 Å². The first-order valence-electron chi connectivity index (χ1n) is 5.62. The molecule has 3 nitrogen and oxygen atoms in total. The number of pyridine rings is 1. The van der Waals surface area contributed by atoms with Crippen LogP contribution < -0.4 is 10.1 Å². The minimum Gasteiger partial charge on any atom is -0.497 e. The number of aromatic nitrogens is 1. The summed E-state index contributed by atoms with van der Waals surface area (Å²) < 4.78 is 5.11. The Morgan fingerprint density at radius 3 is 2.44 bits per heavy atom. The third-order valence-corrected chi connectivity index (χ3v) is 2.52. The van der Waals surface area contributed by atoms with E-state index in [2.05, 4.69) is 22.4 Å². The molecule has 0 atom stereocenters. The number of halogens is 1. The fraction of sp³-hybridized carbons (Fsp3) is 0.214. The van der Waals surface area contributed by atoms with E-state index in [4.69, 9.17) is 4.74 Å². The summed E-state index contributed by atoms with van der Waals surface area (Å²) in [7, 11) is 1.67. The van der Waals surface area contributed by atoms with E-state index in [1.54, 1.807) is 7.11 Å². The van der Waals surface area contributed by atoms with Gasteiger partial charge in [0.1, 0.15) is 5.75 Å². The molecule has 4 heteroatoms. The average molecular weight is 309 g/mol. The smallest absolute Gasteiger partial charge is 0.118 e. The van der Waals surface area contributed by atoms with Crippen molar-refractivity contribution in [3.63, 3.8) is 0 Å². The van der Waals surface area contributed by atoms with Crippen molar-refractivity contribution < 1.29 is 4.74 Å². The lowest BCUT2D eigenvalue weighted by atomic mass is 10.2. The Balaban J connectivity index is 0.00000162. The van der Waals surface area contributed by atoms with E-state index in [-0.39, 0.29) is 17.0 Å². The maximum absolute atomic E-state index is 5.11. The van der Waals surface area contributed by atoms with Crippen molar-refractivity contribution in [2.75, 3.05) is 7.11 Å². The molecule has 0 saturated carbocycles. The number of rotatable bonds is 5. The van der Waals surface area contributed by atoms with Gasteiger partial charge in [0, 0.05) is 19.3 Å². The van der Waals surface area contributed by atoms with Crippen molar-refractivity contribution in [3.8, 4) is 5.75 Å². The molecule has 1 aromatic heterocycles. The van der Waals surface area contributed by atoms with Crippen LogP contribution in [-0.2, 0) is 13.1 Å². The number of ether oxygens (including phenoxy) is 1. The second-order valence-electron chi connectivity index (χ2n) is 3.77. The van der Waals surface area contributed by atoms with Gasteiger partial charge in [-0.05, 0) is 29.8 Å². The Morgan fingerprint density at radius 1 is 1.06 bits per heavy atom. The van der Waals surface area contributed by atoms with Crippen LogP contribution in [0.1, 0.15) is 11.3 Å². The average Bonchev–Trinajstić information content (AvgIpc) is 2.41. The van der Waals surface area contributed by atoms with Crippen LogP contribution in [0.15, 0.2) is 48.7 Å². The largest absolute Gasteiger partial charge is 0.497 e. The lowest BCUT2D eigenvalue weighted by Gasteiger charge is -2.05. The number of hydrogen-bond donors (Lipinski definition) is 1. The van der Waals surface area contributed by atoms with Crippen LogP contribution in [0.2, 0.25) is 0 Å². The minimum absolute atomic E-state index is 0. The molecule has 1 heterocycles. The van der Waals surface area contributed by atoms with Crippen molar-refractivity contribution >= 4 is 17.0 Å². The summed E-state index contributed by atoms with van der Waals surface area (Å²) in [6.07, 6.45) is 1.81. The lowest BCUT2D eigenvalue weighted by molar-refractivity contribution is 0.414. The van der Waals surface area contributed by atoms with Gasteiger partial charge < -0.3 is 10.1 Å². The van der Waals surface area contributed by atoms with Gasteiger partial charge in [0.15, 0.2) is 0 Å². The van der Waals surface area contributed by atoms with E-state index in [9.17, 15) is 0 Å². The van der Waals surface area contributed by atoms with Crippen LogP contribution in [0.5, 0.6) is 5.75 Å². The van der Waals surface area contributed by atoms with Gasteiger partial charge in [0.2, 0.25) is 0 Å². The maximum atomic E-state index is 5.11. The number of methoxy groups -OCH3 is 1. The molecule has 0 radical (unpaired) electrons. The summed E-state index contributed by atoms with van der Waals surface area (Å²) >= 11 is 0. The molecule has 0 aliphatic heterocycles. The van der Waals surface area contributed by atoms with Gasteiger partial charge in [-0.1, -0.05) is 18.2 Å². The maximum Gasteiger partial charge on any atom is 0.118 e. The minimum atomic E-state index is 0. The van der Waals surface area contributed by atoms with Crippen LogP contribution in [0.3, 0.4) is 0 Å². The molecule has 18 heavy (non-hydrogen) atoms. The SMILES string of the molecule is Br.COc1ccc(CNCc2ccccn2)cc1. The third-order valence-electron chi connectivity index (χ3n) is 2.52. The van der Waals surface area contributed by atoms with E-state index in [0.717, 1.165) is 24.5 Å². The first-order valence-corrected chi connectivity index (χ1v) is 5.62. The van der Waals surface area contributed by atoms with Gasteiger partial charge in [0.25, 0.3) is 0 Å². The molecule has 2 aromatic rings. The Hall–Kier alpha value is -1.39. The van der Waals surface area contributed by atoms with E-state index >= 15 is 0 Å². The van der Waals surface area contributed by atoms with Crippen molar-refractivity contribution in [1.29, 1.82) is 0 Å². The Morgan fingerprint density at radius 2 is 1.83 bits per heavy atom. The summed E-state index contributed by atoms with van der Waals surface area (Å²) in [5.41, 5.74) is 2.29. The monoisotopic (exact) mass is 308 g/mol. The summed E-state index contributed by atoms with van der Waals surface area (Å²) in [4.78, 5) is 4.25. The van der Waals surface area contributed by atoms with Crippen LogP contribution in [0.25, 0.3) is 0 Å². The van der Waals surface area contributed by atoms with Gasteiger partial charge in [-0.2, -0.15) is 0 Å². The molecule has 0 saturated heterocycles. The zero-order valence-electron chi connectivity index (χ0n) is 10.3. The molecule has 0 spiro atoms. The summed E-state index contributed by atoms with van der Waals surface area (Å²) in [6.45, 7) is 1.62. The molecule has 0 amide bonds. The van der Waals surface area contributed by atoms with E-state index in [0.29, 0.717) is 0 Å². The predicted molar refractivity (Wildman–Crippen MR) is 78.1 cm³/mol. The first kappa shape index (κ1) is 14.7. The summed E-state index contributed by atoms with van der Waals surface area (Å²) in [6, 6.07) is 14.0. The van der Waals surface area contributed by atoms with Gasteiger partial charge >= 0.3 is 0 Å². The topological polar surface area (TPSA) is 34.1 Å². The highest BCUT2D eigenvalue weighted by Crippen LogP contribution is 2.10. The predicted octanol–water partition coefficient (Wildman–Crippen LogP) is 2.96. The first-order chi connectivity index (χ1) is 8.38. The quantitative estimate of drug-likeness (QED) is 0.922. The zero-order valence-corrected chi connectivity index (χ0v) is 12.0. The van der Waals surface area contributed by atoms with Gasteiger partial charge in [0.05, 0.1) is 12.8 Å². The number of nitrogens with zero attached hydrogens (tertiary/aromatic N) is 1. The van der Waals surface area contributed by atoms with Crippen molar-refractivity contribution in [2.24, 2.45) is 0 Å². The third kappa shape index (κ3) is 4.47. The molecule has 0 bridgehead atoms. The van der Waals surface area contributed by atoms with E-state index < -0.39 is 0 Å². The highest BCUT2D eigenvalue weighted by molar-refractivity contribution is 8.93. The number of hydrogen-bond acceptors (Lipinski definition) is 3. The Labute approximate surface area is 118 Å². The molecule has 1 aromatic carbocycles. The standard InChI is InChI=1S/C14H16N2O.BrH/c1-17-14-7-5-12(6-8-14)10-15-11-13-4-2-3-9-16-13;/h2-9,15H,10-11H2,1H3;1H. The van der Waals surface area contributed by atoms with Crippen LogP contribution >= 0.6 is 17.0 Å². The van der Waals surface area contributed by atoms with Crippen LogP contribution in [-0.4, -0.2) is 12.1 Å². The molecule has 0 unspecified atom stereocenters. The highest BCUT2D eigenvalue weighted by atomic mass is 79.9. The molecule has 2 rings (SSSR count). The number of benzene rings is 1. The van der Waals surface area contributed by atoms with Crippen molar-refractivity contribution in [3.05, 3.63) is 59.9 Å². The van der Waals surface area contributed by atoms with Crippen molar-refractivity contribution in [2.45, 2.75) is 13.1 Å². The molecule has 0 aliphatic carbocycles. The lowest BCUT2D eigenvalue weighted by Crippen LogP contribution is -2.13. The fourth-order valence-electron chi connectivity index (χ4n) is 1.58. The number of nitrogens with one attached hydrogen (secondary N) is 1. The second-order valence-corrected chi connectivity index (χ2v) is 3.77. The van der Waals surface area contributed by atoms with E-state index in [1.165, 1.54) is 5.56 Å². The highest BCUT2D eigenvalue weighted by Gasteiger charge is 1.95. The molecule has 0 fully saturated rings. The van der Waals surface area contributed by atoms with Gasteiger partial charge in [-0.25, -0.2) is 0 Å². The normalized spacial score (nSPS) is 9.61. The zero-order chi connectivity index (χ0) is 11.9. The Kier molecular flexibility index (Phi) is 6.39. The molecule has 96 valence electrons. The molecular formula is C14H17BrN2O. The second kappa shape index (κ2) is 7.84. The van der Waals surface area contributed by atoms with Gasteiger partial charge in [-0.3, -0.25) is 4.98 Å². The summed E-state index contributed by atoms with van der Waals surface area (Å²) in [5, 5.41) is 3.35.